The molecule has 1 aromatic heterocycles. The molecule has 0 amide bonds. The number of nitrogens with zero attached hydrogens (tertiary/aromatic N) is 2. The predicted molar refractivity (Wildman–Crippen MR) is 78.1 cm³/mol. The Morgan fingerprint density at radius 1 is 1.38 bits per heavy atom. The van der Waals surface area contributed by atoms with E-state index in [-0.39, 0.29) is 11.5 Å². The number of aryl methyl sites for hydroxylation is 1. The minimum Gasteiger partial charge on any atom is -0.396 e. The average molecular weight is 313 g/mol. The number of aliphatic hydroxyl groups excluding tert-OH is 1. The van der Waals surface area contributed by atoms with Crippen LogP contribution >= 0.6 is 0 Å². The molecule has 3 unspecified atom stereocenters. The summed E-state index contributed by atoms with van der Waals surface area (Å²) in [6.45, 7) is 1.15. The van der Waals surface area contributed by atoms with E-state index >= 15 is 0 Å². The van der Waals surface area contributed by atoms with Crippen LogP contribution in [0.1, 0.15) is 32.1 Å². The van der Waals surface area contributed by atoms with E-state index in [0.29, 0.717) is 31.3 Å². The van der Waals surface area contributed by atoms with Crippen LogP contribution in [0.5, 0.6) is 0 Å². The average Bonchev–Trinajstić information content (AvgIpc) is 3.18. The van der Waals surface area contributed by atoms with Gasteiger partial charge < -0.3 is 5.11 Å². The standard InChI is InChI=1S/C14H23N3O3S/c18-5-1-4-17-10-14(9-15-17)21(19,20)16-8-13-7-11-2-3-12(13)6-11/h9-13,16,18H,1-8H2. The van der Waals surface area contributed by atoms with Crippen molar-refractivity contribution < 1.29 is 13.5 Å². The van der Waals surface area contributed by atoms with Crippen LogP contribution in [0.2, 0.25) is 0 Å². The van der Waals surface area contributed by atoms with Crippen LogP contribution < -0.4 is 4.72 Å². The van der Waals surface area contributed by atoms with Crippen LogP contribution in [-0.4, -0.2) is 36.5 Å². The van der Waals surface area contributed by atoms with Crippen molar-refractivity contribution in [2.75, 3.05) is 13.2 Å². The van der Waals surface area contributed by atoms with Crippen LogP contribution in [0.4, 0.5) is 0 Å². The Labute approximate surface area is 125 Å². The van der Waals surface area contributed by atoms with Crippen molar-refractivity contribution in [2.45, 2.75) is 43.5 Å². The molecule has 1 aromatic rings. The van der Waals surface area contributed by atoms with E-state index in [0.717, 1.165) is 5.92 Å². The molecule has 2 aliphatic rings. The molecular formula is C14H23N3O3S. The third kappa shape index (κ3) is 3.30. The van der Waals surface area contributed by atoms with Gasteiger partial charge in [0.25, 0.3) is 0 Å². The summed E-state index contributed by atoms with van der Waals surface area (Å²) in [5, 5.41) is 12.8. The molecular weight excluding hydrogens is 290 g/mol. The molecule has 2 bridgehead atoms. The van der Waals surface area contributed by atoms with Crippen molar-refractivity contribution in [1.82, 2.24) is 14.5 Å². The van der Waals surface area contributed by atoms with Crippen molar-refractivity contribution in [3.63, 3.8) is 0 Å². The largest absolute Gasteiger partial charge is 0.396 e. The van der Waals surface area contributed by atoms with Crippen molar-refractivity contribution in [2.24, 2.45) is 17.8 Å². The number of aliphatic hydroxyl groups is 1. The molecule has 118 valence electrons. The van der Waals surface area contributed by atoms with Gasteiger partial charge >= 0.3 is 0 Å². The summed E-state index contributed by atoms with van der Waals surface area (Å²) in [5.74, 6) is 2.04. The van der Waals surface area contributed by atoms with Gasteiger partial charge in [-0.25, -0.2) is 13.1 Å². The highest BCUT2D eigenvalue weighted by atomic mass is 32.2. The minimum absolute atomic E-state index is 0.0738. The molecule has 2 aliphatic carbocycles. The summed E-state index contributed by atoms with van der Waals surface area (Å²) in [4.78, 5) is 0.212. The third-order valence-electron chi connectivity index (χ3n) is 4.89. The summed E-state index contributed by atoms with van der Waals surface area (Å²) < 4.78 is 28.8. The molecule has 0 aromatic carbocycles. The van der Waals surface area contributed by atoms with Crippen LogP contribution in [0, 0.1) is 17.8 Å². The molecule has 3 rings (SSSR count). The van der Waals surface area contributed by atoms with E-state index in [1.807, 2.05) is 0 Å². The van der Waals surface area contributed by atoms with Crippen LogP contribution in [0.25, 0.3) is 0 Å². The predicted octanol–water partition coefficient (Wildman–Crippen LogP) is 0.980. The van der Waals surface area contributed by atoms with E-state index < -0.39 is 10.0 Å². The lowest BCUT2D eigenvalue weighted by atomic mass is 9.89. The maximum absolute atomic E-state index is 12.3. The van der Waals surface area contributed by atoms with Crippen LogP contribution in [-0.2, 0) is 16.6 Å². The quantitative estimate of drug-likeness (QED) is 0.786. The summed E-state index contributed by atoms with van der Waals surface area (Å²) in [7, 11) is -3.46. The second-order valence-electron chi connectivity index (χ2n) is 6.30. The van der Waals surface area contributed by atoms with Gasteiger partial charge in [-0.2, -0.15) is 5.10 Å². The Morgan fingerprint density at radius 3 is 2.90 bits per heavy atom. The van der Waals surface area contributed by atoms with E-state index in [1.165, 1.54) is 38.1 Å². The molecule has 3 atom stereocenters. The number of sulfonamides is 1. The molecule has 1 heterocycles. The number of fused-ring (bicyclic) bond motifs is 2. The molecule has 0 radical (unpaired) electrons. The Balaban J connectivity index is 1.57. The highest BCUT2D eigenvalue weighted by Gasteiger charge is 2.39. The second kappa shape index (κ2) is 6.06. The number of hydrogen-bond donors (Lipinski definition) is 2. The van der Waals surface area contributed by atoms with Crippen LogP contribution in [0.15, 0.2) is 17.3 Å². The van der Waals surface area contributed by atoms with E-state index in [9.17, 15) is 8.42 Å². The number of hydrogen-bond acceptors (Lipinski definition) is 4. The fourth-order valence-corrected chi connectivity index (χ4v) is 4.81. The fraction of sp³-hybridized carbons (Fsp3) is 0.786. The Morgan fingerprint density at radius 2 is 2.24 bits per heavy atom. The third-order valence-corrected chi connectivity index (χ3v) is 6.26. The van der Waals surface area contributed by atoms with E-state index in [2.05, 4.69) is 9.82 Å². The molecule has 0 saturated heterocycles. The molecule has 2 fully saturated rings. The highest BCUT2D eigenvalue weighted by molar-refractivity contribution is 7.89. The lowest BCUT2D eigenvalue weighted by Crippen LogP contribution is -2.31. The van der Waals surface area contributed by atoms with Gasteiger partial charge in [-0.1, -0.05) is 6.42 Å². The number of rotatable bonds is 7. The molecule has 0 spiro atoms. The van der Waals surface area contributed by atoms with Crippen molar-refractivity contribution in [3.8, 4) is 0 Å². The first-order valence-corrected chi connectivity index (χ1v) is 9.20. The van der Waals surface area contributed by atoms with Crippen molar-refractivity contribution >= 4 is 10.0 Å². The zero-order valence-electron chi connectivity index (χ0n) is 12.1. The second-order valence-corrected chi connectivity index (χ2v) is 8.07. The maximum Gasteiger partial charge on any atom is 0.243 e. The minimum atomic E-state index is -3.46. The van der Waals surface area contributed by atoms with Gasteiger partial charge in [0.2, 0.25) is 10.0 Å². The monoisotopic (exact) mass is 313 g/mol. The van der Waals surface area contributed by atoms with Crippen LogP contribution in [0.3, 0.4) is 0 Å². The SMILES string of the molecule is O=S(=O)(NCC1CC2CCC1C2)c1cnn(CCCO)c1. The van der Waals surface area contributed by atoms with E-state index in [1.54, 1.807) is 4.68 Å². The zero-order chi connectivity index (χ0) is 14.9. The highest BCUT2D eigenvalue weighted by Crippen LogP contribution is 2.48. The van der Waals surface area contributed by atoms with Gasteiger partial charge in [0.05, 0.1) is 6.20 Å². The Kier molecular flexibility index (Phi) is 4.33. The topological polar surface area (TPSA) is 84.2 Å². The first-order valence-electron chi connectivity index (χ1n) is 7.71. The van der Waals surface area contributed by atoms with Crippen molar-refractivity contribution in [3.05, 3.63) is 12.4 Å². The molecule has 0 aliphatic heterocycles. The first kappa shape index (κ1) is 15.0. The van der Waals surface area contributed by atoms with Gasteiger partial charge in [-0.3, -0.25) is 4.68 Å². The van der Waals surface area contributed by atoms with E-state index in [4.69, 9.17) is 5.11 Å². The number of aromatic nitrogens is 2. The van der Waals surface area contributed by atoms with Crippen molar-refractivity contribution in [1.29, 1.82) is 0 Å². The van der Waals surface area contributed by atoms with Gasteiger partial charge in [-0.05, 0) is 43.4 Å². The van der Waals surface area contributed by atoms with Gasteiger partial charge in [0, 0.05) is 25.9 Å². The summed E-state index contributed by atoms with van der Waals surface area (Å²) in [6.07, 6.45) is 8.51. The van der Waals surface area contributed by atoms with Gasteiger partial charge in [-0.15, -0.1) is 0 Å². The normalized spacial score (nSPS) is 28.3. The summed E-state index contributed by atoms with van der Waals surface area (Å²) in [6, 6.07) is 0. The molecule has 2 saturated carbocycles. The fourth-order valence-electron chi connectivity index (χ4n) is 3.76. The molecule has 6 nitrogen and oxygen atoms in total. The smallest absolute Gasteiger partial charge is 0.243 e. The molecule has 2 N–H and O–H groups in total. The summed E-state index contributed by atoms with van der Waals surface area (Å²) in [5.41, 5.74) is 0. The zero-order valence-corrected chi connectivity index (χ0v) is 12.9. The lowest BCUT2D eigenvalue weighted by Gasteiger charge is -2.21. The van der Waals surface area contributed by atoms with Gasteiger partial charge in [0.1, 0.15) is 4.90 Å². The Hall–Kier alpha value is -0.920. The maximum atomic E-state index is 12.3. The molecule has 21 heavy (non-hydrogen) atoms. The van der Waals surface area contributed by atoms with Gasteiger partial charge in [0.15, 0.2) is 0 Å². The Bertz CT molecular complexity index is 584. The molecule has 7 heteroatoms. The summed E-state index contributed by atoms with van der Waals surface area (Å²) >= 11 is 0. The first-order chi connectivity index (χ1) is 10.1. The number of nitrogens with one attached hydrogen (secondary N) is 1. The lowest BCUT2D eigenvalue weighted by molar-refractivity contribution is 0.277.